The van der Waals surface area contributed by atoms with Crippen molar-refractivity contribution in [3.63, 3.8) is 0 Å². The number of hydrogen-bond acceptors (Lipinski definition) is 7. The highest BCUT2D eigenvalue weighted by atomic mass is 19.4. The highest BCUT2D eigenvalue weighted by Gasteiger charge is 2.47. The zero-order valence-corrected chi connectivity index (χ0v) is 28.1. The first kappa shape index (κ1) is 32.0. The Hall–Kier alpha value is -4.21. The molecule has 1 saturated carbocycles. The van der Waals surface area contributed by atoms with E-state index >= 15 is 0 Å². The van der Waals surface area contributed by atoms with Crippen molar-refractivity contribution < 1.29 is 22.7 Å². The molecular weight excluding hydrogens is 629 g/mol. The molecule has 4 aliphatic heterocycles. The number of rotatable bonds is 8. The summed E-state index contributed by atoms with van der Waals surface area (Å²) in [6.07, 6.45) is 4.65. The molecule has 0 N–H and O–H groups in total. The van der Waals surface area contributed by atoms with E-state index in [9.17, 15) is 18.0 Å². The highest BCUT2D eigenvalue weighted by molar-refractivity contribution is 6.04. The Morgan fingerprint density at radius 2 is 1.90 bits per heavy atom. The number of carbonyl (C=O) groups is 1. The van der Waals surface area contributed by atoms with Crippen LogP contribution in [0.15, 0.2) is 35.8 Å². The number of hydrogen-bond donors (Lipinski definition) is 0. The lowest BCUT2D eigenvalue weighted by atomic mass is 9.72. The summed E-state index contributed by atoms with van der Waals surface area (Å²) in [6.45, 7) is 10.8. The smallest absolute Gasteiger partial charge is 0.422 e. The Bertz CT molecular complexity index is 1910. The molecule has 1 aliphatic carbocycles. The summed E-state index contributed by atoms with van der Waals surface area (Å²) in [4.78, 5) is 33.5. The fourth-order valence-corrected chi connectivity index (χ4v) is 8.30. The van der Waals surface area contributed by atoms with E-state index in [1.165, 1.54) is 25.3 Å². The molecule has 8 rings (SSSR count). The molecule has 49 heavy (non-hydrogen) atoms. The molecule has 5 heterocycles. The number of amides is 1. The summed E-state index contributed by atoms with van der Waals surface area (Å²) in [6, 6.07) is 6.53. The minimum Gasteiger partial charge on any atom is -0.481 e. The molecule has 1 aromatic heterocycles. The van der Waals surface area contributed by atoms with E-state index in [1.807, 2.05) is 30.9 Å². The maximum atomic E-state index is 13.9. The Labute approximate surface area is 284 Å². The number of ether oxygens (including phenoxy) is 1. The maximum Gasteiger partial charge on any atom is 0.422 e. The summed E-state index contributed by atoms with van der Waals surface area (Å²) in [5.74, 6) is 4.56. The third-order valence-electron chi connectivity index (χ3n) is 11.4. The van der Waals surface area contributed by atoms with Crippen LogP contribution >= 0.6 is 0 Å². The molecule has 0 unspecified atom stereocenters. The molecule has 11 heteroatoms. The second-order valence-corrected chi connectivity index (χ2v) is 14.5. The van der Waals surface area contributed by atoms with Gasteiger partial charge in [-0.2, -0.15) is 13.2 Å². The van der Waals surface area contributed by atoms with Gasteiger partial charge < -0.3 is 14.5 Å². The largest absolute Gasteiger partial charge is 0.481 e. The third-order valence-corrected chi connectivity index (χ3v) is 11.4. The van der Waals surface area contributed by atoms with Crippen LogP contribution < -0.4 is 9.64 Å². The average molecular weight is 671 g/mol. The molecule has 2 aromatic carbocycles. The minimum atomic E-state index is -4.54. The number of carbonyl (C=O) groups excluding carboxylic acids is 1. The molecule has 1 amide bonds. The predicted molar refractivity (Wildman–Crippen MR) is 185 cm³/mol. The molecule has 4 fully saturated rings. The Morgan fingerprint density at radius 3 is 2.55 bits per heavy atom. The van der Waals surface area contributed by atoms with E-state index in [4.69, 9.17) is 14.7 Å². The number of piperidine rings is 1. The van der Waals surface area contributed by atoms with E-state index in [-0.39, 0.29) is 23.0 Å². The first-order valence-corrected chi connectivity index (χ1v) is 17.5. The second-order valence-electron chi connectivity index (χ2n) is 14.5. The van der Waals surface area contributed by atoms with Crippen molar-refractivity contribution in [2.45, 2.75) is 70.5 Å². The monoisotopic (exact) mass is 670 g/mol. The van der Waals surface area contributed by atoms with E-state index in [0.717, 1.165) is 85.9 Å². The number of nitrogens with zero attached hydrogens (tertiary/aromatic N) is 6. The summed E-state index contributed by atoms with van der Waals surface area (Å²) in [5, 5.41) is 0.710. The number of aromatic nitrogens is 2. The van der Waals surface area contributed by atoms with Gasteiger partial charge in [0, 0.05) is 79.2 Å². The van der Waals surface area contributed by atoms with Crippen LogP contribution in [0.25, 0.3) is 28.1 Å². The lowest BCUT2D eigenvalue weighted by Gasteiger charge is -2.54. The maximum absolute atomic E-state index is 13.9. The number of anilines is 1. The molecule has 0 radical (unpaired) electrons. The van der Waals surface area contributed by atoms with Crippen molar-refractivity contribution in [2.75, 3.05) is 50.8 Å². The number of likely N-dealkylation sites (tertiary alicyclic amines) is 2. The standard InChI is InChI=1S/C38H41F3N6O2/c1-4-24-17-28-33(34(49-22-38(39,40)41)32(24)31-23(3)9-10-29-27(31)11-14-42-29)43-35(25-18-46(19-25)26-7-6-8-26)44-36(28)45-15-12-37(13-16-45)20-47(21-37)30(48)5-2/h5,9-11,17,25-26H,2,4,6-8,12-13,15-16,18-22H2,1,3H3. The van der Waals surface area contributed by atoms with Crippen LogP contribution in [0.3, 0.4) is 0 Å². The Morgan fingerprint density at radius 1 is 1.14 bits per heavy atom. The Balaban J connectivity index is 1.26. The van der Waals surface area contributed by atoms with Gasteiger partial charge in [0.15, 0.2) is 12.4 Å². The van der Waals surface area contributed by atoms with E-state index in [0.29, 0.717) is 34.8 Å². The van der Waals surface area contributed by atoms with Gasteiger partial charge in [0.05, 0.1) is 5.69 Å². The van der Waals surface area contributed by atoms with Crippen LogP contribution in [0.5, 0.6) is 5.75 Å². The van der Waals surface area contributed by atoms with Gasteiger partial charge >= 0.3 is 6.18 Å². The molecule has 8 nitrogen and oxygen atoms in total. The van der Waals surface area contributed by atoms with Gasteiger partial charge in [-0.15, -0.1) is 0 Å². The average Bonchev–Trinajstić information content (AvgIpc) is 3.50. The fraction of sp³-hybridized carbons (Fsp3) is 0.500. The Kier molecular flexibility index (Phi) is 7.83. The fourth-order valence-electron chi connectivity index (χ4n) is 8.30. The quantitative estimate of drug-likeness (QED) is 0.188. The third kappa shape index (κ3) is 5.61. The van der Waals surface area contributed by atoms with E-state index < -0.39 is 12.8 Å². The van der Waals surface area contributed by atoms with Crippen molar-refractivity contribution in [3.05, 3.63) is 53.4 Å². The van der Waals surface area contributed by atoms with Gasteiger partial charge in [0.1, 0.15) is 17.2 Å². The summed E-state index contributed by atoms with van der Waals surface area (Å²) in [5.41, 5.74) is 5.24. The van der Waals surface area contributed by atoms with Gasteiger partial charge in [0.2, 0.25) is 5.91 Å². The first-order valence-electron chi connectivity index (χ1n) is 17.5. The van der Waals surface area contributed by atoms with Crippen molar-refractivity contribution in [1.82, 2.24) is 19.8 Å². The number of aryl methyl sites for hydroxylation is 2. The molecule has 3 aromatic rings. The number of alkyl halides is 3. The van der Waals surface area contributed by atoms with Gasteiger partial charge in [0.25, 0.3) is 0 Å². The number of halogens is 3. The first-order chi connectivity index (χ1) is 23.6. The summed E-state index contributed by atoms with van der Waals surface area (Å²) >= 11 is 0. The van der Waals surface area contributed by atoms with Gasteiger partial charge in [-0.3, -0.25) is 9.69 Å². The van der Waals surface area contributed by atoms with Crippen LogP contribution in [-0.4, -0.2) is 89.6 Å². The van der Waals surface area contributed by atoms with Crippen molar-refractivity contribution >= 4 is 40.3 Å². The number of aliphatic imine (C=N–C) groups is 1. The molecule has 5 aliphatic rings. The second kappa shape index (κ2) is 12.0. The van der Waals surface area contributed by atoms with Crippen LogP contribution in [0.1, 0.15) is 67.5 Å². The van der Waals surface area contributed by atoms with Crippen molar-refractivity contribution in [3.8, 4) is 16.9 Å². The molecule has 0 bridgehead atoms. The predicted octanol–water partition coefficient (Wildman–Crippen LogP) is 7.00. The van der Waals surface area contributed by atoms with E-state index in [1.54, 1.807) is 6.08 Å². The lowest BCUT2D eigenvalue weighted by Crippen LogP contribution is -2.61. The zero-order chi connectivity index (χ0) is 34.1. The van der Waals surface area contributed by atoms with Crippen LogP contribution in [0, 0.1) is 12.3 Å². The lowest BCUT2D eigenvalue weighted by molar-refractivity contribution is -0.153. The minimum absolute atomic E-state index is 0.0356. The topological polar surface area (TPSA) is 74.2 Å². The molecule has 0 atom stereocenters. The van der Waals surface area contributed by atoms with Gasteiger partial charge in [-0.25, -0.2) is 15.0 Å². The van der Waals surface area contributed by atoms with Gasteiger partial charge in [-0.1, -0.05) is 26.0 Å². The van der Waals surface area contributed by atoms with Crippen LogP contribution in [0.4, 0.5) is 24.7 Å². The van der Waals surface area contributed by atoms with Gasteiger partial charge in [-0.05, 0) is 79.8 Å². The van der Waals surface area contributed by atoms with Crippen LogP contribution in [0.2, 0.25) is 0 Å². The van der Waals surface area contributed by atoms with Crippen molar-refractivity contribution in [2.24, 2.45) is 10.4 Å². The van der Waals surface area contributed by atoms with Crippen LogP contribution in [-0.2, 0) is 11.2 Å². The highest BCUT2D eigenvalue weighted by Crippen LogP contribution is 2.49. The molecular formula is C38H41F3N6O2. The summed E-state index contributed by atoms with van der Waals surface area (Å²) < 4.78 is 47.7. The normalized spacial score (nSPS) is 20.3. The summed E-state index contributed by atoms with van der Waals surface area (Å²) in [7, 11) is 0. The number of benzene rings is 2. The van der Waals surface area contributed by atoms with Crippen molar-refractivity contribution in [1.29, 1.82) is 0 Å². The number of fused-ring (bicyclic) bond motifs is 2. The van der Waals surface area contributed by atoms with E-state index in [2.05, 4.69) is 33.3 Å². The molecule has 256 valence electrons. The SMILES string of the molecule is C=CC(=O)N1CC2(CCN(c3nc(C4CN(C5CCC5)C4)nc4c(OCC(F)(F)F)c(-c5c(C)ccc6c5C=C=N6)c(CC)cc34)CC2)C1. The molecule has 3 saturated heterocycles. The zero-order valence-electron chi connectivity index (χ0n) is 28.1. The molecule has 1 spiro atoms.